The van der Waals surface area contributed by atoms with Crippen molar-refractivity contribution in [1.29, 1.82) is 5.26 Å². The molecule has 2 rings (SSSR count). The molecule has 0 aliphatic rings. The molecule has 0 atom stereocenters. The molecule has 0 aliphatic heterocycles. The van der Waals surface area contributed by atoms with Crippen molar-refractivity contribution in [2.75, 3.05) is 0 Å². The number of aromatic nitrogens is 1. The molecule has 0 amide bonds. The van der Waals surface area contributed by atoms with E-state index in [0.29, 0.717) is 10.0 Å². The van der Waals surface area contributed by atoms with Crippen LogP contribution < -0.4 is 0 Å². The molecule has 106 valence electrons. The third-order valence-corrected chi connectivity index (χ3v) is 4.09. The van der Waals surface area contributed by atoms with Crippen molar-refractivity contribution < 1.29 is 0 Å². The van der Waals surface area contributed by atoms with Crippen LogP contribution in [0.4, 0.5) is 0 Å². The topological polar surface area (TPSA) is 28.7 Å². The van der Waals surface area contributed by atoms with Crippen LogP contribution in [0, 0.1) is 16.7 Å². The van der Waals surface area contributed by atoms with E-state index >= 15 is 0 Å². The lowest BCUT2D eigenvalue weighted by Gasteiger charge is -2.14. The van der Waals surface area contributed by atoms with E-state index in [1.165, 1.54) is 0 Å². The first-order valence-electron chi connectivity index (χ1n) is 6.78. The van der Waals surface area contributed by atoms with E-state index in [9.17, 15) is 0 Å². The van der Waals surface area contributed by atoms with E-state index in [0.717, 1.165) is 36.7 Å². The van der Waals surface area contributed by atoms with Gasteiger partial charge in [-0.15, -0.1) is 0 Å². The molecule has 2 nitrogen and oxygen atoms in total. The largest absolute Gasteiger partial charge is 0.347 e. The molecule has 2 aromatic rings. The Kier molecular flexibility index (Phi) is 4.62. The molecule has 4 heteroatoms. The Morgan fingerprint density at radius 2 is 2.00 bits per heavy atom. The van der Waals surface area contributed by atoms with Gasteiger partial charge in [0, 0.05) is 23.2 Å². The highest BCUT2D eigenvalue weighted by molar-refractivity contribution is 6.38. The number of fused-ring (bicyclic) bond motifs is 1. The lowest BCUT2D eigenvalue weighted by molar-refractivity contribution is 0.418. The fraction of sp³-hybridized carbons (Fsp3) is 0.438. The van der Waals surface area contributed by atoms with E-state index in [1.807, 2.05) is 32.2 Å². The fourth-order valence-electron chi connectivity index (χ4n) is 2.32. The van der Waals surface area contributed by atoms with Gasteiger partial charge in [0.05, 0.1) is 22.0 Å². The molecule has 20 heavy (non-hydrogen) atoms. The van der Waals surface area contributed by atoms with Crippen molar-refractivity contribution in [3.8, 4) is 6.07 Å². The monoisotopic (exact) mass is 308 g/mol. The standard InChI is InChI=1S/C16H18Cl2N2/c1-16(2,11-19)6-3-4-7-20-8-5-13-14(18)9-12(17)10-15(13)20/h5,8-10H,3-4,6-7H2,1-2H3. The molecule has 0 saturated carbocycles. The average Bonchev–Trinajstić information content (AvgIpc) is 2.78. The fourth-order valence-corrected chi connectivity index (χ4v) is 2.86. The van der Waals surface area contributed by atoms with E-state index in [-0.39, 0.29) is 5.41 Å². The Labute approximate surface area is 129 Å². The van der Waals surface area contributed by atoms with Crippen LogP contribution in [0.15, 0.2) is 24.4 Å². The van der Waals surface area contributed by atoms with Gasteiger partial charge in [-0.05, 0) is 44.9 Å². The van der Waals surface area contributed by atoms with Crippen LogP contribution in [0.3, 0.4) is 0 Å². The zero-order chi connectivity index (χ0) is 14.8. The summed E-state index contributed by atoms with van der Waals surface area (Å²) in [5.74, 6) is 0. The first-order valence-corrected chi connectivity index (χ1v) is 7.54. The normalized spacial score (nSPS) is 11.8. The molecule has 0 aliphatic carbocycles. The van der Waals surface area contributed by atoms with Crippen molar-refractivity contribution in [2.24, 2.45) is 5.41 Å². The molecule has 0 unspecified atom stereocenters. The lowest BCUT2D eigenvalue weighted by Crippen LogP contribution is -2.08. The Balaban J connectivity index is 2.03. The molecule has 0 spiro atoms. The van der Waals surface area contributed by atoms with E-state index in [1.54, 1.807) is 6.07 Å². The van der Waals surface area contributed by atoms with Crippen LogP contribution in [-0.2, 0) is 6.54 Å². The van der Waals surface area contributed by atoms with Gasteiger partial charge >= 0.3 is 0 Å². The van der Waals surface area contributed by atoms with Gasteiger partial charge in [0.2, 0.25) is 0 Å². The number of aryl methyl sites for hydroxylation is 1. The van der Waals surface area contributed by atoms with Gasteiger partial charge in [-0.25, -0.2) is 0 Å². The second-order valence-electron chi connectivity index (χ2n) is 5.78. The molecular formula is C16H18Cl2N2. The first kappa shape index (κ1) is 15.2. The van der Waals surface area contributed by atoms with Crippen molar-refractivity contribution >= 4 is 34.1 Å². The summed E-state index contributed by atoms with van der Waals surface area (Å²) in [6, 6.07) is 8.07. The van der Waals surface area contributed by atoms with E-state index < -0.39 is 0 Å². The Bertz CT molecular complexity index is 650. The third-order valence-electron chi connectivity index (χ3n) is 3.56. The van der Waals surface area contributed by atoms with E-state index in [4.69, 9.17) is 28.5 Å². The predicted octanol–water partition coefficient (Wildman–Crippen LogP) is 5.67. The van der Waals surface area contributed by atoms with E-state index in [2.05, 4.69) is 10.6 Å². The van der Waals surface area contributed by atoms with Gasteiger partial charge < -0.3 is 4.57 Å². The van der Waals surface area contributed by atoms with Crippen molar-refractivity contribution in [3.63, 3.8) is 0 Å². The predicted molar refractivity (Wildman–Crippen MR) is 85.2 cm³/mol. The highest BCUT2D eigenvalue weighted by atomic mass is 35.5. The van der Waals surface area contributed by atoms with Gasteiger partial charge in [0.15, 0.2) is 0 Å². The van der Waals surface area contributed by atoms with Gasteiger partial charge in [-0.2, -0.15) is 5.26 Å². The third kappa shape index (κ3) is 3.48. The van der Waals surface area contributed by atoms with Gasteiger partial charge in [-0.1, -0.05) is 29.6 Å². The lowest BCUT2D eigenvalue weighted by atomic mass is 9.89. The zero-order valence-electron chi connectivity index (χ0n) is 11.8. The number of nitrogens with zero attached hydrogens (tertiary/aromatic N) is 2. The minimum Gasteiger partial charge on any atom is -0.347 e. The van der Waals surface area contributed by atoms with Crippen LogP contribution in [0.5, 0.6) is 0 Å². The average molecular weight is 309 g/mol. The number of benzene rings is 1. The molecule has 0 saturated heterocycles. The Morgan fingerprint density at radius 1 is 1.25 bits per heavy atom. The zero-order valence-corrected chi connectivity index (χ0v) is 13.3. The molecule has 1 aromatic heterocycles. The molecular weight excluding hydrogens is 291 g/mol. The summed E-state index contributed by atoms with van der Waals surface area (Å²) in [6.07, 6.45) is 5.04. The highest BCUT2D eigenvalue weighted by Crippen LogP contribution is 2.29. The summed E-state index contributed by atoms with van der Waals surface area (Å²) in [7, 11) is 0. The summed E-state index contributed by atoms with van der Waals surface area (Å²) in [5.41, 5.74) is 0.841. The second-order valence-corrected chi connectivity index (χ2v) is 6.63. The molecule has 0 fully saturated rings. The number of rotatable bonds is 5. The first-order chi connectivity index (χ1) is 9.43. The summed E-state index contributed by atoms with van der Waals surface area (Å²) in [5, 5.41) is 11.4. The number of hydrogen-bond donors (Lipinski definition) is 0. The van der Waals surface area contributed by atoms with Gasteiger partial charge in [-0.3, -0.25) is 0 Å². The maximum Gasteiger partial charge on any atom is 0.0683 e. The molecule has 0 bridgehead atoms. The highest BCUT2D eigenvalue weighted by Gasteiger charge is 2.15. The summed E-state index contributed by atoms with van der Waals surface area (Å²) >= 11 is 12.2. The maximum absolute atomic E-state index is 9.00. The molecule has 1 heterocycles. The minimum atomic E-state index is -0.231. The van der Waals surface area contributed by atoms with Crippen LogP contribution in [0.25, 0.3) is 10.9 Å². The smallest absolute Gasteiger partial charge is 0.0683 e. The number of hydrogen-bond acceptors (Lipinski definition) is 1. The Hall–Kier alpha value is -1.17. The van der Waals surface area contributed by atoms with Crippen LogP contribution in [0.1, 0.15) is 33.1 Å². The number of halogens is 2. The van der Waals surface area contributed by atoms with Crippen molar-refractivity contribution in [3.05, 3.63) is 34.4 Å². The SMILES string of the molecule is CC(C)(C#N)CCCCn1ccc2c(Cl)cc(Cl)cc21. The summed E-state index contributed by atoms with van der Waals surface area (Å²) in [4.78, 5) is 0. The summed E-state index contributed by atoms with van der Waals surface area (Å²) in [6.45, 7) is 4.89. The quantitative estimate of drug-likeness (QED) is 0.654. The number of unbranched alkanes of at least 4 members (excludes halogenated alkanes) is 1. The minimum absolute atomic E-state index is 0.231. The number of nitriles is 1. The van der Waals surface area contributed by atoms with Gasteiger partial charge in [0.25, 0.3) is 0 Å². The molecule has 1 aromatic carbocycles. The van der Waals surface area contributed by atoms with Crippen LogP contribution in [-0.4, -0.2) is 4.57 Å². The molecule has 0 radical (unpaired) electrons. The van der Waals surface area contributed by atoms with Crippen molar-refractivity contribution in [2.45, 2.75) is 39.7 Å². The maximum atomic E-state index is 9.00. The van der Waals surface area contributed by atoms with Crippen LogP contribution in [0.2, 0.25) is 10.0 Å². The molecule has 0 N–H and O–H groups in total. The second kappa shape index (κ2) is 6.08. The summed E-state index contributed by atoms with van der Waals surface area (Å²) < 4.78 is 2.17. The van der Waals surface area contributed by atoms with Gasteiger partial charge in [0.1, 0.15) is 0 Å². The Morgan fingerprint density at radius 3 is 2.70 bits per heavy atom. The van der Waals surface area contributed by atoms with Crippen LogP contribution >= 0.6 is 23.2 Å². The van der Waals surface area contributed by atoms with Crippen molar-refractivity contribution in [1.82, 2.24) is 4.57 Å².